The van der Waals surface area contributed by atoms with Crippen molar-refractivity contribution in [2.24, 2.45) is 0 Å². The molecule has 0 aliphatic heterocycles. The van der Waals surface area contributed by atoms with E-state index in [0.29, 0.717) is 5.82 Å². The van der Waals surface area contributed by atoms with Crippen LogP contribution in [0.3, 0.4) is 0 Å². The number of nitrogen functional groups attached to an aromatic ring is 1. The molecule has 19 heavy (non-hydrogen) atoms. The number of hydrogen-bond donors (Lipinski definition) is 2. The molecule has 0 amide bonds. The van der Waals surface area contributed by atoms with Crippen molar-refractivity contribution in [3.63, 3.8) is 0 Å². The third kappa shape index (κ3) is 3.43. The highest BCUT2D eigenvalue weighted by molar-refractivity contribution is 7.11. The Morgan fingerprint density at radius 2 is 2.26 bits per heavy atom. The van der Waals surface area contributed by atoms with Crippen LogP contribution in [0, 0.1) is 6.92 Å². The Hall–Kier alpha value is -1.18. The molecule has 0 saturated heterocycles. The van der Waals surface area contributed by atoms with Crippen LogP contribution in [0.4, 0.5) is 10.8 Å². The van der Waals surface area contributed by atoms with E-state index in [1.165, 1.54) is 11.5 Å². The Labute approximate surface area is 121 Å². The lowest BCUT2D eigenvalue weighted by atomic mass is 10.2. The van der Waals surface area contributed by atoms with Gasteiger partial charge in [0.2, 0.25) is 0 Å². The van der Waals surface area contributed by atoms with Gasteiger partial charge < -0.3 is 16.0 Å². The molecule has 104 valence electrons. The monoisotopic (exact) mass is 297 g/mol. The number of thiazole rings is 1. The second-order valence-corrected chi connectivity index (χ2v) is 6.18. The molecule has 0 spiro atoms. The van der Waals surface area contributed by atoms with Gasteiger partial charge in [-0.2, -0.15) is 4.37 Å². The molecule has 3 N–H and O–H groups in total. The van der Waals surface area contributed by atoms with Gasteiger partial charge in [-0.15, -0.1) is 11.3 Å². The van der Waals surface area contributed by atoms with Gasteiger partial charge in [0.1, 0.15) is 10.8 Å². The zero-order chi connectivity index (χ0) is 13.8. The highest BCUT2D eigenvalue weighted by atomic mass is 32.1. The maximum absolute atomic E-state index is 5.95. The minimum atomic E-state index is 0.557. The maximum Gasteiger partial charge on any atom is 0.148 e. The second-order valence-electron chi connectivity index (χ2n) is 4.35. The SMILES string of the molecule is CCN(C)CCNc1snc(N)c1-c1csc(C)n1. The summed E-state index contributed by atoms with van der Waals surface area (Å²) in [5, 5.41) is 7.48. The molecule has 0 aliphatic carbocycles. The van der Waals surface area contributed by atoms with Crippen LogP contribution in [0.25, 0.3) is 11.3 Å². The van der Waals surface area contributed by atoms with E-state index in [-0.39, 0.29) is 0 Å². The predicted octanol–water partition coefficient (Wildman–Crippen LogP) is 2.52. The second kappa shape index (κ2) is 6.31. The van der Waals surface area contributed by atoms with Crippen molar-refractivity contribution >= 4 is 33.7 Å². The van der Waals surface area contributed by atoms with Gasteiger partial charge >= 0.3 is 0 Å². The van der Waals surface area contributed by atoms with Crippen molar-refractivity contribution in [1.82, 2.24) is 14.3 Å². The van der Waals surface area contributed by atoms with Crippen LogP contribution >= 0.6 is 22.9 Å². The summed E-state index contributed by atoms with van der Waals surface area (Å²) in [6, 6.07) is 0. The van der Waals surface area contributed by atoms with Crippen LogP contribution < -0.4 is 11.1 Å². The molecule has 0 saturated carbocycles. The lowest BCUT2D eigenvalue weighted by Crippen LogP contribution is -2.24. The van der Waals surface area contributed by atoms with Crippen LogP contribution in [0.15, 0.2) is 5.38 Å². The van der Waals surface area contributed by atoms with Gasteiger partial charge in [0, 0.05) is 18.5 Å². The van der Waals surface area contributed by atoms with Crippen molar-refractivity contribution in [2.45, 2.75) is 13.8 Å². The Morgan fingerprint density at radius 3 is 2.89 bits per heavy atom. The fourth-order valence-corrected chi connectivity index (χ4v) is 3.02. The number of likely N-dealkylation sites (N-methyl/N-ethyl adjacent to an activating group) is 1. The van der Waals surface area contributed by atoms with Crippen LogP contribution in [0.5, 0.6) is 0 Å². The number of nitrogens with zero attached hydrogens (tertiary/aromatic N) is 3. The number of nitrogens with one attached hydrogen (secondary N) is 1. The maximum atomic E-state index is 5.95. The van der Waals surface area contributed by atoms with Gasteiger partial charge in [-0.1, -0.05) is 6.92 Å². The zero-order valence-corrected chi connectivity index (χ0v) is 13.1. The van der Waals surface area contributed by atoms with Crippen molar-refractivity contribution in [3.8, 4) is 11.3 Å². The summed E-state index contributed by atoms with van der Waals surface area (Å²) in [4.78, 5) is 6.74. The molecule has 0 bridgehead atoms. The van der Waals surface area contributed by atoms with E-state index in [2.05, 4.69) is 33.5 Å². The molecular weight excluding hydrogens is 278 g/mol. The Morgan fingerprint density at radius 1 is 1.47 bits per heavy atom. The molecule has 0 fully saturated rings. The number of anilines is 2. The smallest absolute Gasteiger partial charge is 0.148 e. The van der Waals surface area contributed by atoms with E-state index in [4.69, 9.17) is 5.73 Å². The molecule has 5 nitrogen and oxygen atoms in total. The minimum absolute atomic E-state index is 0.557. The summed E-state index contributed by atoms with van der Waals surface area (Å²) in [5.41, 5.74) is 7.81. The molecule has 0 unspecified atom stereocenters. The minimum Gasteiger partial charge on any atom is -0.382 e. The fraction of sp³-hybridized carbons (Fsp3) is 0.500. The van der Waals surface area contributed by atoms with Gasteiger partial charge in [-0.05, 0) is 32.0 Å². The number of rotatable bonds is 6. The van der Waals surface area contributed by atoms with Crippen LogP contribution in [-0.2, 0) is 0 Å². The van der Waals surface area contributed by atoms with E-state index < -0.39 is 0 Å². The standard InChI is InChI=1S/C12H19N5S2/c1-4-17(3)6-5-14-12-10(11(13)16-19-12)9-7-18-8(2)15-9/h7,14H,4-6H2,1-3H3,(H2,13,16). The highest BCUT2D eigenvalue weighted by Crippen LogP contribution is 2.36. The first kappa shape index (κ1) is 14.2. The Balaban J connectivity index is 2.10. The first-order chi connectivity index (χ1) is 9.11. The largest absolute Gasteiger partial charge is 0.382 e. The van der Waals surface area contributed by atoms with Crippen LogP contribution in [0.1, 0.15) is 11.9 Å². The quantitative estimate of drug-likeness (QED) is 0.857. The van der Waals surface area contributed by atoms with Gasteiger partial charge in [0.25, 0.3) is 0 Å². The number of nitrogens with two attached hydrogens (primary N) is 1. The van der Waals surface area contributed by atoms with Gasteiger partial charge in [-0.3, -0.25) is 0 Å². The number of aryl methyl sites for hydroxylation is 1. The summed E-state index contributed by atoms with van der Waals surface area (Å²) in [6.45, 7) is 7.05. The molecule has 0 aromatic carbocycles. The Bertz CT molecular complexity index is 534. The third-order valence-electron chi connectivity index (χ3n) is 2.91. The molecule has 2 rings (SSSR count). The van der Waals surface area contributed by atoms with Gasteiger partial charge in [-0.25, -0.2) is 4.98 Å². The average molecular weight is 297 g/mol. The molecule has 2 heterocycles. The molecule has 7 heteroatoms. The first-order valence-corrected chi connectivity index (χ1v) is 7.87. The topological polar surface area (TPSA) is 67.1 Å². The van der Waals surface area contributed by atoms with E-state index in [1.54, 1.807) is 11.3 Å². The lowest BCUT2D eigenvalue weighted by molar-refractivity contribution is 0.367. The fourth-order valence-electron chi connectivity index (χ4n) is 1.67. The van der Waals surface area contributed by atoms with Crippen molar-refractivity contribution < 1.29 is 0 Å². The summed E-state index contributed by atoms with van der Waals surface area (Å²) >= 11 is 3.03. The molecule has 0 atom stereocenters. The average Bonchev–Trinajstić information content (AvgIpc) is 2.95. The van der Waals surface area contributed by atoms with E-state index in [1.807, 2.05) is 12.3 Å². The molecular formula is C12H19N5S2. The molecule has 2 aromatic rings. The van der Waals surface area contributed by atoms with Crippen molar-refractivity contribution in [1.29, 1.82) is 0 Å². The van der Waals surface area contributed by atoms with Crippen molar-refractivity contribution in [2.75, 3.05) is 37.7 Å². The van der Waals surface area contributed by atoms with E-state index in [0.717, 1.165) is 40.9 Å². The number of aromatic nitrogens is 2. The first-order valence-electron chi connectivity index (χ1n) is 6.22. The van der Waals surface area contributed by atoms with E-state index in [9.17, 15) is 0 Å². The molecule has 0 radical (unpaired) electrons. The molecule has 2 aromatic heterocycles. The van der Waals surface area contributed by atoms with Gasteiger partial charge in [0.05, 0.1) is 16.3 Å². The zero-order valence-electron chi connectivity index (χ0n) is 11.4. The summed E-state index contributed by atoms with van der Waals surface area (Å²) in [7, 11) is 2.10. The summed E-state index contributed by atoms with van der Waals surface area (Å²) < 4.78 is 4.23. The predicted molar refractivity (Wildman–Crippen MR) is 84.0 cm³/mol. The third-order valence-corrected chi connectivity index (χ3v) is 4.51. The van der Waals surface area contributed by atoms with Crippen LogP contribution in [0.2, 0.25) is 0 Å². The summed E-state index contributed by atoms with van der Waals surface area (Å²) in [5.74, 6) is 0.557. The van der Waals surface area contributed by atoms with E-state index >= 15 is 0 Å². The van der Waals surface area contributed by atoms with Crippen molar-refractivity contribution in [3.05, 3.63) is 10.4 Å². The molecule has 0 aliphatic rings. The lowest BCUT2D eigenvalue weighted by Gasteiger charge is -2.14. The van der Waals surface area contributed by atoms with Crippen LogP contribution in [-0.4, -0.2) is 40.9 Å². The number of hydrogen-bond acceptors (Lipinski definition) is 7. The highest BCUT2D eigenvalue weighted by Gasteiger charge is 2.15. The summed E-state index contributed by atoms with van der Waals surface area (Å²) in [6.07, 6.45) is 0. The Kier molecular flexibility index (Phi) is 4.73. The normalized spacial score (nSPS) is 11.2. The van der Waals surface area contributed by atoms with Gasteiger partial charge in [0.15, 0.2) is 0 Å².